The van der Waals surface area contributed by atoms with Crippen molar-refractivity contribution in [3.8, 4) is 5.75 Å². The number of aliphatic hydroxyl groups excluding tert-OH is 1. The van der Waals surface area contributed by atoms with Gasteiger partial charge in [0.15, 0.2) is 0 Å². The Bertz CT molecular complexity index is 1350. The third-order valence-electron chi connectivity index (χ3n) is 6.37. The van der Waals surface area contributed by atoms with E-state index >= 15 is 0 Å². The standard InChI is InChI=1S/C30H33NO6S/c32-27(19-20-37-29-12-5-4-8-25(29)16-18-30(33)34)17-15-23-7-6-9-26(21-23)31(22-24-13-14-24)38(35,36)28-10-2-1-3-11-28/h1-12,15,17,21,24,27,32H,13-14,16,18-20,22H2,(H,33,34)/b17-15+. The van der Waals surface area contributed by atoms with Crippen LogP contribution in [0.3, 0.4) is 0 Å². The summed E-state index contributed by atoms with van der Waals surface area (Å²) < 4.78 is 34.2. The molecule has 1 aliphatic carbocycles. The number of carbonyl (C=O) groups is 1. The fourth-order valence-electron chi connectivity index (χ4n) is 4.08. The van der Waals surface area contributed by atoms with Gasteiger partial charge in [-0.2, -0.15) is 0 Å². The molecule has 1 aliphatic rings. The Morgan fingerprint density at radius 1 is 1.03 bits per heavy atom. The Balaban J connectivity index is 1.39. The molecule has 200 valence electrons. The number of hydrogen-bond acceptors (Lipinski definition) is 5. The van der Waals surface area contributed by atoms with E-state index in [-0.39, 0.29) is 17.9 Å². The second-order valence-electron chi connectivity index (χ2n) is 9.45. The third-order valence-corrected chi connectivity index (χ3v) is 8.18. The molecule has 0 bridgehead atoms. The summed E-state index contributed by atoms with van der Waals surface area (Å²) in [6.07, 6.45) is 5.48. The highest BCUT2D eigenvalue weighted by Gasteiger charge is 2.32. The third kappa shape index (κ3) is 7.69. The number of aliphatic carboxylic acids is 1. The minimum absolute atomic E-state index is 0.0233. The molecule has 0 saturated heterocycles. The lowest BCUT2D eigenvalue weighted by atomic mass is 10.1. The van der Waals surface area contributed by atoms with Crippen molar-refractivity contribution in [3.63, 3.8) is 0 Å². The molecule has 38 heavy (non-hydrogen) atoms. The van der Waals surface area contributed by atoms with E-state index in [4.69, 9.17) is 9.84 Å². The fraction of sp³-hybridized carbons (Fsp3) is 0.300. The molecule has 1 atom stereocenters. The maximum atomic E-state index is 13.4. The number of nitrogens with zero attached hydrogens (tertiary/aromatic N) is 1. The monoisotopic (exact) mass is 535 g/mol. The smallest absolute Gasteiger partial charge is 0.303 e. The molecular weight excluding hydrogens is 502 g/mol. The molecule has 0 aliphatic heterocycles. The van der Waals surface area contributed by atoms with Crippen molar-refractivity contribution in [3.05, 3.63) is 96.1 Å². The maximum Gasteiger partial charge on any atom is 0.303 e. The SMILES string of the molecule is O=C(O)CCc1ccccc1OCCC(O)/C=C/c1cccc(N(CC2CC2)S(=O)(=O)c2ccccc2)c1. The van der Waals surface area contributed by atoms with Crippen LogP contribution in [0.1, 0.15) is 36.8 Å². The molecule has 1 saturated carbocycles. The number of aliphatic hydroxyl groups is 1. The molecule has 0 spiro atoms. The molecular formula is C30H33NO6S. The summed E-state index contributed by atoms with van der Waals surface area (Å²) in [5.41, 5.74) is 2.20. The van der Waals surface area contributed by atoms with Crippen LogP contribution in [0.15, 0.2) is 89.8 Å². The number of carboxylic acids is 1. The van der Waals surface area contributed by atoms with Gasteiger partial charge in [0.2, 0.25) is 0 Å². The molecule has 0 heterocycles. The van der Waals surface area contributed by atoms with Crippen LogP contribution in [-0.2, 0) is 21.2 Å². The van der Waals surface area contributed by atoms with E-state index in [2.05, 4.69) is 0 Å². The first-order valence-corrected chi connectivity index (χ1v) is 14.2. The van der Waals surface area contributed by atoms with E-state index in [1.54, 1.807) is 54.6 Å². The molecule has 4 rings (SSSR count). The van der Waals surface area contributed by atoms with E-state index in [1.165, 1.54) is 4.31 Å². The summed E-state index contributed by atoms with van der Waals surface area (Å²) in [5.74, 6) is 0.120. The van der Waals surface area contributed by atoms with Crippen molar-refractivity contribution >= 4 is 27.8 Å². The molecule has 7 nitrogen and oxygen atoms in total. The second kappa shape index (κ2) is 12.8. The van der Waals surface area contributed by atoms with Crippen molar-refractivity contribution in [2.24, 2.45) is 5.92 Å². The molecule has 1 unspecified atom stereocenters. The number of benzene rings is 3. The van der Waals surface area contributed by atoms with Gasteiger partial charge in [-0.1, -0.05) is 60.7 Å². The fourth-order valence-corrected chi connectivity index (χ4v) is 5.64. The van der Waals surface area contributed by atoms with E-state index < -0.39 is 22.1 Å². The number of carboxylic acid groups (broad SMARTS) is 1. The van der Waals surface area contributed by atoms with Gasteiger partial charge < -0.3 is 14.9 Å². The molecule has 2 N–H and O–H groups in total. The molecule has 0 amide bonds. The van der Waals surface area contributed by atoms with Gasteiger partial charge in [-0.25, -0.2) is 8.42 Å². The summed E-state index contributed by atoms with van der Waals surface area (Å²) in [5, 5.41) is 19.4. The Hall–Kier alpha value is -3.62. The molecule has 3 aromatic carbocycles. The molecule has 0 radical (unpaired) electrons. The zero-order valence-electron chi connectivity index (χ0n) is 21.1. The van der Waals surface area contributed by atoms with Crippen LogP contribution in [0, 0.1) is 5.92 Å². The number of hydrogen-bond donors (Lipinski definition) is 2. The quantitative estimate of drug-likeness (QED) is 0.296. The molecule has 0 aromatic heterocycles. The normalized spacial score (nSPS) is 14.3. The van der Waals surface area contributed by atoms with Gasteiger partial charge in [0, 0.05) is 19.4 Å². The van der Waals surface area contributed by atoms with Crippen LogP contribution in [0.25, 0.3) is 6.08 Å². The van der Waals surface area contributed by atoms with Gasteiger partial charge >= 0.3 is 5.97 Å². The zero-order chi connectivity index (χ0) is 27.0. The van der Waals surface area contributed by atoms with Crippen molar-refractivity contribution < 1.29 is 28.2 Å². The minimum Gasteiger partial charge on any atom is -0.493 e. The average Bonchev–Trinajstić information content (AvgIpc) is 3.75. The molecule has 8 heteroatoms. The van der Waals surface area contributed by atoms with Gasteiger partial charge in [-0.15, -0.1) is 0 Å². The van der Waals surface area contributed by atoms with Crippen molar-refractivity contribution in [1.82, 2.24) is 0 Å². The van der Waals surface area contributed by atoms with Crippen LogP contribution >= 0.6 is 0 Å². The highest BCUT2D eigenvalue weighted by molar-refractivity contribution is 7.92. The van der Waals surface area contributed by atoms with Gasteiger partial charge in [-0.3, -0.25) is 9.10 Å². The van der Waals surface area contributed by atoms with Gasteiger partial charge in [0.25, 0.3) is 10.0 Å². The predicted molar refractivity (Wildman–Crippen MR) is 148 cm³/mol. The maximum absolute atomic E-state index is 13.4. The number of rotatable bonds is 14. The van der Waals surface area contributed by atoms with Crippen LogP contribution in [-0.4, -0.2) is 43.9 Å². The number of para-hydroxylation sites is 1. The summed E-state index contributed by atoms with van der Waals surface area (Å²) in [7, 11) is -3.70. The first-order chi connectivity index (χ1) is 18.3. The van der Waals surface area contributed by atoms with Crippen molar-refractivity contribution in [1.29, 1.82) is 0 Å². The Morgan fingerprint density at radius 3 is 2.50 bits per heavy atom. The van der Waals surface area contributed by atoms with Gasteiger partial charge in [0.1, 0.15) is 5.75 Å². The Morgan fingerprint density at radius 2 is 1.76 bits per heavy atom. The minimum atomic E-state index is -3.70. The van der Waals surface area contributed by atoms with Crippen LogP contribution in [0.2, 0.25) is 0 Å². The zero-order valence-corrected chi connectivity index (χ0v) is 22.0. The molecule has 1 fully saturated rings. The molecule has 3 aromatic rings. The first kappa shape index (κ1) is 27.4. The van der Waals surface area contributed by atoms with E-state index in [1.807, 2.05) is 36.4 Å². The average molecular weight is 536 g/mol. The van der Waals surface area contributed by atoms with Crippen LogP contribution < -0.4 is 9.04 Å². The number of ether oxygens (including phenoxy) is 1. The second-order valence-corrected chi connectivity index (χ2v) is 11.3. The van der Waals surface area contributed by atoms with Crippen molar-refractivity contribution in [2.45, 2.75) is 43.1 Å². The highest BCUT2D eigenvalue weighted by atomic mass is 32.2. The Labute approximate surface area is 224 Å². The lowest BCUT2D eigenvalue weighted by Crippen LogP contribution is -2.33. The summed E-state index contributed by atoms with van der Waals surface area (Å²) in [6, 6.07) is 23.1. The van der Waals surface area contributed by atoms with Crippen LogP contribution in [0.4, 0.5) is 5.69 Å². The van der Waals surface area contributed by atoms with Crippen molar-refractivity contribution in [2.75, 3.05) is 17.5 Å². The summed E-state index contributed by atoms with van der Waals surface area (Å²) in [4.78, 5) is 11.1. The van der Waals surface area contributed by atoms with Crippen LogP contribution in [0.5, 0.6) is 5.75 Å². The largest absolute Gasteiger partial charge is 0.493 e. The number of sulfonamides is 1. The Kier molecular flexibility index (Phi) is 9.20. The summed E-state index contributed by atoms with van der Waals surface area (Å²) >= 11 is 0. The van der Waals surface area contributed by atoms with E-state index in [9.17, 15) is 18.3 Å². The predicted octanol–water partition coefficient (Wildman–Crippen LogP) is 5.15. The number of aryl methyl sites for hydroxylation is 1. The van der Waals surface area contributed by atoms with E-state index in [0.29, 0.717) is 36.7 Å². The number of anilines is 1. The van der Waals surface area contributed by atoms with E-state index in [0.717, 1.165) is 24.0 Å². The summed E-state index contributed by atoms with van der Waals surface area (Å²) in [6.45, 7) is 0.707. The first-order valence-electron chi connectivity index (χ1n) is 12.8. The lowest BCUT2D eigenvalue weighted by Gasteiger charge is -2.25. The van der Waals surface area contributed by atoms with Gasteiger partial charge in [0.05, 0.1) is 23.3 Å². The highest BCUT2D eigenvalue weighted by Crippen LogP contribution is 2.34. The lowest BCUT2D eigenvalue weighted by molar-refractivity contribution is -0.136. The van der Waals surface area contributed by atoms with Gasteiger partial charge in [-0.05, 0) is 66.6 Å². The topological polar surface area (TPSA) is 104 Å².